The van der Waals surface area contributed by atoms with E-state index in [1.54, 1.807) is 35.0 Å². The van der Waals surface area contributed by atoms with Crippen molar-refractivity contribution in [1.82, 2.24) is 15.0 Å². The lowest BCUT2D eigenvalue weighted by molar-refractivity contribution is 0.110. The maximum atomic E-state index is 11.4. The van der Waals surface area contributed by atoms with Crippen LogP contribution in [-0.2, 0) is 0 Å². The molecule has 1 aromatic heterocycles. The van der Waals surface area contributed by atoms with Crippen LogP contribution in [0.3, 0.4) is 0 Å². The van der Waals surface area contributed by atoms with Crippen LogP contribution in [0.1, 0.15) is 15.9 Å². The van der Waals surface area contributed by atoms with E-state index in [-0.39, 0.29) is 3.79 Å². The van der Waals surface area contributed by atoms with E-state index in [9.17, 15) is 4.79 Å². The molecule has 0 aliphatic heterocycles. The summed E-state index contributed by atoms with van der Waals surface area (Å²) < 4.78 is -0.0106. The second-order valence-corrected chi connectivity index (χ2v) is 4.09. The van der Waals surface area contributed by atoms with E-state index in [1.165, 1.54) is 4.80 Å². The summed E-state index contributed by atoms with van der Waals surface area (Å²) in [6.07, 6.45) is 3.17. The number of halogens is 1. The maximum Gasteiger partial charge on any atom is 0.224 e. The van der Waals surface area contributed by atoms with Gasteiger partial charge in [0.1, 0.15) is 0 Å². The van der Waals surface area contributed by atoms with Gasteiger partial charge in [0.25, 0.3) is 0 Å². The van der Waals surface area contributed by atoms with Gasteiger partial charge in [-0.15, -0.1) is 0 Å². The van der Waals surface area contributed by atoms with Crippen molar-refractivity contribution in [3.63, 3.8) is 0 Å². The lowest BCUT2D eigenvalue weighted by Crippen LogP contribution is -2.05. The number of nitrogens with zero attached hydrogens (tertiary/aromatic N) is 3. The van der Waals surface area contributed by atoms with E-state index in [1.807, 2.05) is 25.1 Å². The van der Waals surface area contributed by atoms with Gasteiger partial charge in [0.2, 0.25) is 3.79 Å². The number of aromatic nitrogens is 3. The minimum absolute atomic E-state index is 0.0106. The summed E-state index contributed by atoms with van der Waals surface area (Å²) in [4.78, 5) is 12.9. The standard InChI is InChI=1S/C10H8IN3O/c1-7-2-3-9(8(6-7)10(11)15)14-12-4-5-13-14/h2-6H,1H3. The van der Waals surface area contributed by atoms with Crippen LogP contribution < -0.4 is 0 Å². The molecule has 1 aromatic carbocycles. The minimum atomic E-state index is -0.0106. The fourth-order valence-electron chi connectivity index (χ4n) is 1.32. The normalized spacial score (nSPS) is 10.3. The lowest BCUT2D eigenvalue weighted by atomic mass is 10.1. The summed E-state index contributed by atoms with van der Waals surface area (Å²) in [5.41, 5.74) is 2.39. The van der Waals surface area contributed by atoms with E-state index in [0.717, 1.165) is 5.56 Å². The molecule has 4 nitrogen and oxygen atoms in total. The predicted octanol–water partition coefficient (Wildman–Crippen LogP) is 2.15. The molecule has 0 bridgehead atoms. The Labute approximate surface area is 100 Å². The van der Waals surface area contributed by atoms with Crippen LogP contribution in [0.15, 0.2) is 30.6 Å². The van der Waals surface area contributed by atoms with E-state index >= 15 is 0 Å². The minimum Gasteiger partial charge on any atom is -0.282 e. The number of hydrogen-bond donors (Lipinski definition) is 0. The van der Waals surface area contributed by atoms with Crippen molar-refractivity contribution in [2.24, 2.45) is 0 Å². The van der Waals surface area contributed by atoms with Crippen LogP contribution in [0.2, 0.25) is 0 Å². The molecule has 0 atom stereocenters. The number of hydrogen-bond acceptors (Lipinski definition) is 3. The zero-order chi connectivity index (χ0) is 10.8. The zero-order valence-corrected chi connectivity index (χ0v) is 10.2. The van der Waals surface area contributed by atoms with Gasteiger partial charge in [-0.25, -0.2) is 0 Å². The third-order valence-corrected chi connectivity index (χ3v) is 2.58. The van der Waals surface area contributed by atoms with Gasteiger partial charge in [0.05, 0.1) is 23.6 Å². The Bertz CT molecular complexity index is 493. The third kappa shape index (κ3) is 2.06. The highest BCUT2D eigenvalue weighted by Gasteiger charge is 2.11. The molecule has 0 spiro atoms. The zero-order valence-electron chi connectivity index (χ0n) is 8.01. The third-order valence-electron chi connectivity index (χ3n) is 2.00. The predicted molar refractivity (Wildman–Crippen MR) is 64.4 cm³/mol. The Morgan fingerprint density at radius 2 is 2.00 bits per heavy atom. The fourth-order valence-corrected chi connectivity index (χ4v) is 1.75. The molecule has 0 radical (unpaired) electrons. The van der Waals surface area contributed by atoms with Gasteiger partial charge < -0.3 is 0 Å². The number of carbonyl (C=O) groups excluding carboxylic acids is 1. The van der Waals surface area contributed by atoms with E-state index in [0.29, 0.717) is 11.3 Å². The highest BCUT2D eigenvalue weighted by atomic mass is 127. The summed E-state index contributed by atoms with van der Waals surface area (Å²) in [6.45, 7) is 1.95. The molecule has 0 unspecified atom stereocenters. The molecule has 0 amide bonds. The summed E-state index contributed by atoms with van der Waals surface area (Å²) in [5, 5.41) is 8.02. The second-order valence-electron chi connectivity index (χ2n) is 3.11. The average molecular weight is 313 g/mol. The first-order valence-corrected chi connectivity index (χ1v) is 5.43. The van der Waals surface area contributed by atoms with Crippen molar-refractivity contribution in [3.05, 3.63) is 41.7 Å². The highest BCUT2D eigenvalue weighted by Crippen LogP contribution is 2.17. The van der Waals surface area contributed by atoms with Crippen LogP contribution in [0.25, 0.3) is 5.69 Å². The molecule has 2 aromatic rings. The number of rotatable bonds is 2. The van der Waals surface area contributed by atoms with Crippen LogP contribution in [-0.4, -0.2) is 18.8 Å². The largest absolute Gasteiger partial charge is 0.282 e. The van der Waals surface area contributed by atoms with Crippen LogP contribution in [0.4, 0.5) is 0 Å². The molecule has 15 heavy (non-hydrogen) atoms. The van der Waals surface area contributed by atoms with Crippen LogP contribution >= 0.6 is 22.6 Å². The monoisotopic (exact) mass is 313 g/mol. The van der Waals surface area contributed by atoms with Gasteiger partial charge in [0, 0.05) is 22.6 Å². The van der Waals surface area contributed by atoms with Gasteiger partial charge >= 0.3 is 0 Å². The van der Waals surface area contributed by atoms with Crippen molar-refractivity contribution >= 4 is 26.4 Å². The van der Waals surface area contributed by atoms with Gasteiger partial charge in [0.15, 0.2) is 0 Å². The first kappa shape index (κ1) is 10.3. The van der Waals surface area contributed by atoms with E-state index in [4.69, 9.17) is 0 Å². The summed E-state index contributed by atoms with van der Waals surface area (Å²) >= 11 is 1.77. The molecule has 0 saturated heterocycles. The summed E-state index contributed by atoms with van der Waals surface area (Å²) in [7, 11) is 0. The highest BCUT2D eigenvalue weighted by molar-refractivity contribution is 14.1. The van der Waals surface area contributed by atoms with Crippen LogP contribution in [0.5, 0.6) is 0 Å². The summed E-state index contributed by atoms with van der Waals surface area (Å²) in [6, 6.07) is 5.62. The molecule has 5 heteroatoms. The van der Waals surface area contributed by atoms with Gasteiger partial charge in [-0.05, 0) is 19.1 Å². The van der Waals surface area contributed by atoms with E-state index in [2.05, 4.69) is 10.2 Å². The Balaban J connectivity index is 2.61. The van der Waals surface area contributed by atoms with Gasteiger partial charge in [-0.2, -0.15) is 15.0 Å². The molecular formula is C10H8IN3O. The van der Waals surface area contributed by atoms with Crippen LogP contribution in [0, 0.1) is 6.92 Å². The molecule has 0 aliphatic carbocycles. The van der Waals surface area contributed by atoms with Gasteiger partial charge in [-0.3, -0.25) is 4.79 Å². The SMILES string of the molecule is Cc1ccc(-n2nccn2)c(C(=O)I)c1. The lowest BCUT2D eigenvalue weighted by Gasteiger charge is -2.05. The van der Waals surface area contributed by atoms with Crippen molar-refractivity contribution in [2.45, 2.75) is 6.92 Å². The first-order valence-electron chi connectivity index (χ1n) is 4.35. The Hall–Kier alpha value is -1.24. The van der Waals surface area contributed by atoms with Gasteiger partial charge in [-0.1, -0.05) is 11.6 Å². The second kappa shape index (κ2) is 4.09. The molecular weight excluding hydrogens is 305 g/mol. The molecule has 0 fully saturated rings. The molecule has 1 heterocycles. The molecule has 0 aliphatic rings. The Kier molecular flexibility index (Phi) is 2.81. The maximum absolute atomic E-state index is 11.4. The fraction of sp³-hybridized carbons (Fsp3) is 0.100. The number of aryl methyl sites for hydroxylation is 1. The number of carbonyl (C=O) groups is 1. The first-order chi connectivity index (χ1) is 7.18. The van der Waals surface area contributed by atoms with Crippen molar-refractivity contribution < 1.29 is 4.79 Å². The van der Waals surface area contributed by atoms with Crippen molar-refractivity contribution in [1.29, 1.82) is 0 Å². The van der Waals surface area contributed by atoms with E-state index < -0.39 is 0 Å². The molecule has 0 saturated carbocycles. The molecule has 2 rings (SSSR count). The molecule has 76 valence electrons. The number of benzene rings is 1. The Morgan fingerprint density at radius 3 is 2.60 bits per heavy atom. The molecule has 0 N–H and O–H groups in total. The summed E-state index contributed by atoms with van der Waals surface area (Å²) in [5.74, 6) is 0. The Morgan fingerprint density at radius 1 is 1.33 bits per heavy atom. The van der Waals surface area contributed by atoms with Crippen molar-refractivity contribution in [3.8, 4) is 5.69 Å². The van der Waals surface area contributed by atoms with Crippen molar-refractivity contribution in [2.75, 3.05) is 0 Å². The quantitative estimate of drug-likeness (QED) is 0.630. The smallest absolute Gasteiger partial charge is 0.224 e. The topological polar surface area (TPSA) is 47.8 Å². The average Bonchev–Trinajstić information content (AvgIpc) is 2.70.